The third-order valence-corrected chi connectivity index (χ3v) is 8.50. The second kappa shape index (κ2) is 13.8. The topological polar surface area (TPSA) is 86.8 Å². The molecule has 0 radical (unpaired) electrons. The van der Waals surface area contributed by atoms with Gasteiger partial charge < -0.3 is 10.2 Å². The van der Waals surface area contributed by atoms with Crippen LogP contribution in [-0.2, 0) is 26.2 Å². The van der Waals surface area contributed by atoms with Gasteiger partial charge >= 0.3 is 0 Å². The van der Waals surface area contributed by atoms with E-state index >= 15 is 0 Å². The number of rotatable bonds is 12. The van der Waals surface area contributed by atoms with Crippen molar-refractivity contribution in [2.24, 2.45) is 5.92 Å². The van der Waals surface area contributed by atoms with Gasteiger partial charge in [0.2, 0.25) is 11.8 Å². The molecule has 0 saturated heterocycles. The Hall–Kier alpha value is -3.07. The molecule has 1 N–H and O–H groups in total. The molecule has 3 aromatic carbocycles. The van der Waals surface area contributed by atoms with E-state index in [2.05, 4.69) is 5.32 Å². The lowest BCUT2D eigenvalue weighted by Crippen LogP contribution is -2.52. The molecule has 2 amide bonds. The molecule has 1 atom stereocenters. The fourth-order valence-corrected chi connectivity index (χ4v) is 5.76. The highest BCUT2D eigenvalue weighted by molar-refractivity contribution is 7.92. The molecule has 39 heavy (non-hydrogen) atoms. The molecule has 10 heteroatoms. The lowest BCUT2D eigenvalue weighted by molar-refractivity contribution is -0.140. The molecule has 0 aliphatic heterocycles. The van der Waals surface area contributed by atoms with Crippen LogP contribution in [0.3, 0.4) is 0 Å². The zero-order valence-electron chi connectivity index (χ0n) is 22.2. The molecule has 208 valence electrons. The number of carbonyl (C=O) groups excluding carboxylic acids is 2. The van der Waals surface area contributed by atoms with Gasteiger partial charge in [0.05, 0.1) is 10.6 Å². The number of hydrogen-bond donors (Lipinski definition) is 1. The summed E-state index contributed by atoms with van der Waals surface area (Å²) in [5, 5.41) is 3.77. The summed E-state index contributed by atoms with van der Waals surface area (Å²) in [6.45, 7) is 5.72. The van der Waals surface area contributed by atoms with Crippen molar-refractivity contribution in [3.8, 4) is 0 Å². The van der Waals surface area contributed by atoms with E-state index in [-0.39, 0.29) is 29.0 Å². The Morgan fingerprint density at radius 3 is 2.10 bits per heavy atom. The summed E-state index contributed by atoms with van der Waals surface area (Å²) in [5.74, 6) is -0.637. The Morgan fingerprint density at radius 1 is 0.897 bits per heavy atom. The first-order valence-corrected chi connectivity index (χ1v) is 14.9. The van der Waals surface area contributed by atoms with E-state index in [9.17, 15) is 18.0 Å². The van der Waals surface area contributed by atoms with Crippen LogP contribution in [0.4, 0.5) is 5.69 Å². The van der Waals surface area contributed by atoms with E-state index in [1.54, 1.807) is 66.7 Å². The summed E-state index contributed by atoms with van der Waals surface area (Å²) >= 11 is 12.5. The third-order valence-electron chi connectivity index (χ3n) is 6.09. The quantitative estimate of drug-likeness (QED) is 0.290. The lowest BCUT2D eigenvalue weighted by Gasteiger charge is -2.33. The zero-order chi connectivity index (χ0) is 28.6. The molecular formula is C29H33Cl2N3O4S. The van der Waals surface area contributed by atoms with Crippen LogP contribution >= 0.6 is 23.2 Å². The Balaban J connectivity index is 2.04. The summed E-state index contributed by atoms with van der Waals surface area (Å²) in [7, 11) is -4.13. The highest BCUT2D eigenvalue weighted by atomic mass is 35.5. The summed E-state index contributed by atoms with van der Waals surface area (Å²) in [5.41, 5.74) is 0.915. The first-order chi connectivity index (χ1) is 18.5. The molecule has 3 rings (SSSR count). The molecule has 0 fully saturated rings. The number of benzene rings is 3. The number of halogens is 2. The Morgan fingerprint density at radius 2 is 1.51 bits per heavy atom. The number of carbonyl (C=O) groups is 2. The fraction of sp³-hybridized carbons (Fsp3) is 0.310. The lowest BCUT2D eigenvalue weighted by atomic mass is 10.1. The summed E-state index contributed by atoms with van der Waals surface area (Å²) in [6.07, 6.45) is 0.326. The van der Waals surface area contributed by atoms with Crippen LogP contribution in [-0.4, -0.2) is 44.3 Å². The Labute approximate surface area is 240 Å². The molecule has 0 spiro atoms. The molecule has 0 bridgehead atoms. The van der Waals surface area contributed by atoms with Gasteiger partial charge in [0.25, 0.3) is 10.0 Å². The Bertz CT molecular complexity index is 1370. The first kappa shape index (κ1) is 30.5. The zero-order valence-corrected chi connectivity index (χ0v) is 24.5. The maximum absolute atomic E-state index is 14.0. The van der Waals surface area contributed by atoms with Gasteiger partial charge in [-0.25, -0.2) is 8.42 Å². The van der Waals surface area contributed by atoms with Crippen molar-refractivity contribution in [3.05, 3.63) is 94.5 Å². The second-order valence-electron chi connectivity index (χ2n) is 9.48. The van der Waals surface area contributed by atoms with E-state index in [4.69, 9.17) is 23.2 Å². The minimum atomic E-state index is -4.13. The van der Waals surface area contributed by atoms with Gasteiger partial charge in [-0.1, -0.05) is 80.4 Å². The van der Waals surface area contributed by atoms with Gasteiger partial charge in [0.15, 0.2) is 0 Å². The SMILES string of the molecule is CC[C@H](C(=O)NCC(C)C)N(Cc1ccccc1Cl)C(=O)CN(c1ccc(Cl)cc1)S(=O)(=O)c1ccccc1. The van der Waals surface area contributed by atoms with Crippen molar-refractivity contribution in [1.29, 1.82) is 0 Å². The predicted molar refractivity (Wildman–Crippen MR) is 156 cm³/mol. The molecule has 3 aromatic rings. The van der Waals surface area contributed by atoms with E-state index in [0.29, 0.717) is 28.6 Å². The number of hydrogen-bond acceptors (Lipinski definition) is 4. The minimum absolute atomic E-state index is 0.0337. The van der Waals surface area contributed by atoms with E-state index < -0.39 is 28.5 Å². The van der Waals surface area contributed by atoms with Crippen LogP contribution in [0.2, 0.25) is 10.0 Å². The Kier molecular flexibility index (Phi) is 10.8. The average molecular weight is 591 g/mol. The summed E-state index contributed by atoms with van der Waals surface area (Å²) in [6, 6.07) is 20.3. The van der Waals surface area contributed by atoms with Crippen molar-refractivity contribution in [2.45, 2.75) is 44.7 Å². The molecule has 0 aliphatic carbocycles. The van der Waals surface area contributed by atoms with Crippen LogP contribution < -0.4 is 9.62 Å². The minimum Gasteiger partial charge on any atom is -0.354 e. The van der Waals surface area contributed by atoms with Crippen molar-refractivity contribution >= 4 is 50.7 Å². The second-order valence-corrected chi connectivity index (χ2v) is 12.2. The highest BCUT2D eigenvalue weighted by Crippen LogP contribution is 2.27. The molecular weight excluding hydrogens is 557 g/mol. The van der Waals surface area contributed by atoms with Crippen molar-refractivity contribution in [1.82, 2.24) is 10.2 Å². The molecule has 7 nitrogen and oxygen atoms in total. The maximum atomic E-state index is 14.0. The van der Waals surface area contributed by atoms with Crippen LogP contribution in [0, 0.1) is 5.92 Å². The standard InChI is InChI=1S/C29H33Cl2N3O4S/c1-4-27(29(36)32-18-21(2)3)33(19-22-10-8-9-13-26(22)31)28(35)20-34(24-16-14-23(30)15-17-24)39(37,38)25-11-6-5-7-12-25/h5-17,21,27H,4,18-20H2,1-3H3,(H,32,36)/t27-/m1/s1. The van der Waals surface area contributed by atoms with Gasteiger partial charge in [-0.15, -0.1) is 0 Å². The molecule has 0 aliphatic rings. The molecule has 0 saturated carbocycles. The number of nitrogens with zero attached hydrogens (tertiary/aromatic N) is 2. The summed E-state index contributed by atoms with van der Waals surface area (Å²) < 4.78 is 28.6. The van der Waals surface area contributed by atoms with E-state index in [1.807, 2.05) is 20.8 Å². The normalized spacial score (nSPS) is 12.2. The van der Waals surface area contributed by atoms with Gasteiger partial charge in [0, 0.05) is 23.1 Å². The highest BCUT2D eigenvalue weighted by Gasteiger charge is 2.33. The average Bonchev–Trinajstić information content (AvgIpc) is 2.92. The maximum Gasteiger partial charge on any atom is 0.264 e. The van der Waals surface area contributed by atoms with Crippen LogP contribution in [0.25, 0.3) is 0 Å². The smallest absolute Gasteiger partial charge is 0.264 e. The van der Waals surface area contributed by atoms with Gasteiger partial charge in [-0.05, 0) is 60.4 Å². The van der Waals surface area contributed by atoms with Crippen molar-refractivity contribution in [3.63, 3.8) is 0 Å². The predicted octanol–water partition coefficient (Wildman–Crippen LogP) is 5.77. The van der Waals surface area contributed by atoms with Crippen LogP contribution in [0.15, 0.2) is 83.8 Å². The van der Waals surface area contributed by atoms with Crippen LogP contribution in [0.1, 0.15) is 32.8 Å². The van der Waals surface area contributed by atoms with Crippen LogP contribution in [0.5, 0.6) is 0 Å². The number of nitrogens with one attached hydrogen (secondary N) is 1. The largest absolute Gasteiger partial charge is 0.354 e. The van der Waals surface area contributed by atoms with Gasteiger partial charge in [0.1, 0.15) is 12.6 Å². The van der Waals surface area contributed by atoms with E-state index in [0.717, 1.165) is 4.31 Å². The fourth-order valence-electron chi connectivity index (χ4n) is 4.01. The van der Waals surface area contributed by atoms with Crippen molar-refractivity contribution in [2.75, 3.05) is 17.4 Å². The first-order valence-electron chi connectivity index (χ1n) is 12.7. The molecule has 0 unspecified atom stereocenters. The van der Waals surface area contributed by atoms with Gasteiger partial charge in [-0.3, -0.25) is 13.9 Å². The molecule has 0 heterocycles. The number of amides is 2. The van der Waals surface area contributed by atoms with Crippen molar-refractivity contribution < 1.29 is 18.0 Å². The number of sulfonamides is 1. The molecule has 0 aromatic heterocycles. The monoisotopic (exact) mass is 589 g/mol. The number of anilines is 1. The summed E-state index contributed by atoms with van der Waals surface area (Å²) in [4.78, 5) is 28.7. The van der Waals surface area contributed by atoms with Gasteiger partial charge in [-0.2, -0.15) is 0 Å². The van der Waals surface area contributed by atoms with E-state index in [1.165, 1.54) is 17.0 Å². The third kappa shape index (κ3) is 7.97.